The zero-order valence-corrected chi connectivity index (χ0v) is 15.5. The first-order valence-corrected chi connectivity index (χ1v) is 8.83. The summed E-state index contributed by atoms with van der Waals surface area (Å²) in [6, 6.07) is 15.3. The lowest BCUT2D eigenvalue weighted by Crippen LogP contribution is -2.11. The Bertz CT molecular complexity index is 1170. The van der Waals surface area contributed by atoms with Crippen LogP contribution in [0.3, 0.4) is 0 Å². The van der Waals surface area contributed by atoms with E-state index in [1.165, 1.54) is 0 Å². The standard InChI is InChI=1S/C23H20O4/c1-14-6-4-7-17(11-14)13-26-23-20(24)18-12-15(2)10-16(3)21(18)27-22(23)19-8-5-9-25-19/h4-12H,13H2,1-3H3. The highest BCUT2D eigenvalue weighted by molar-refractivity contribution is 5.84. The molecular weight excluding hydrogens is 340 g/mol. The normalized spacial score (nSPS) is 11.1. The summed E-state index contributed by atoms with van der Waals surface area (Å²) in [7, 11) is 0. The Kier molecular flexibility index (Phi) is 4.32. The van der Waals surface area contributed by atoms with Crippen LogP contribution in [-0.2, 0) is 6.61 Å². The van der Waals surface area contributed by atoms with E-state index in [0.717, 1.165) is 22.3 Å². The van der Waals surface area contributed by atoms with Crippen LogP contribution >= 0.6 is 0 Å². The van der Waals surface area contributed by atoms with Crippen molar-refractivity contribution in [3.63, 3.8) is 0 Å². The van der Waals surface area contributed by atoms with Gasteiger partial charge in [-0.15, -0.1) is 0 Å². The Balaban J connectivity index is 1.87. The van der Waals surface area contributed by atoms with Crippen molar-refractivity contribution in [1.29, 1.82) is 0 Å². The van der Waals surface area contributed by atoms with Gasteiger partial charge in [0.05, 0.1) is 11.6 Å². The zero-order valence-electron chi connectivity index (χ0n) is 15.5. The Morgan fingerprint density at radius 3 is 2.56 bits per heavy atom. The van der Waals surface area contributed by atoms with Gasteiger partial charge < -0.3 is 13.6 Å². The molecule has 2 aromatic heterocycles. The quantitative estimate of drug-likeness (QED) is 0.478. The van der Waals surface area contributed by atoms with Crippen molar-refractivity contribution >= 4 is 11.0 Å². The third-order valence-electron chi connectivity index (χ3n) is 4.49. The highest BCUT2D eigenvalue weighted by Gasteiger charge is 2.21. The molecule has 0 spiro atoms. The van der Waals surface area contributed by atoms with Crippen LogP contribution in [-0.4, -0.2) is 0 Å². The number of furan rings is 1. The van der Waals surface area contributed by atoms with Gasteiger partial charge in [-0.1, -0.05) is 35.9 Å². The van der Waals surface area contributed by atoms with E-state index in [-0.39, 0.29) is 17.8 Å². The number of rotatable bonds is 4. The van der Waals surface area contributed by atoms with Crippen LogP contribution in [0.15, 0.2) is 68.4 Å². The molecule has 0 radical (unpaired) electrons. The smallest absolute Gasteiger partial charge is 0.235 e. The fourth-order valence-electron chi connectivity index (χ4n) is 3.29. The average Bonchev–Trinajstić information content (AvgIpc) is 3.16. The predicted octanol–water partition coefficient (Wildman–Crippen LogP) is 5.56. The third kappa shape index (κ3) is 3.26. The van der Waals surface area contributed by atoms with Gasteiger partial charge in [-0.2, -0.15) is 0 Å². The van der Waals surface area contributed by atoms with Crippen LogP contribution in [0, 0.1) is 20.8 Å². The zero-order chi connectivity index (χ0) is 19.0. The maximum atomic E-state index is 13.2. The summed E-state index contributed by atoms with van der Waals surface area (Å²) in [5.41, 5.74) is 4.39. The van der Waals surface area contributed by atoms with E-state index in [9.17, 15) is 4.79 Å². The fraction of sp³-hybridized carbons (Fsp3) is 0.174. The topological polar surface area (TPSA) is 52.6 Å². The lowest BCUT2D eigenvalue weighted by molar-refractivity contribution is 0.296. The van der Waals surface area contributed by atoms with Crippen molar-refractivity contribution in [3.05, 3.63) is 87.3 Å². The Labute approximate surface area is 157 Å². The molecule has 0 amide bonds. The minimum absolute atomic E-state index is 0.170. The fourth-order valence-corrected chi connectivity index (χ4v) is 3.29. The molecule has 0 aliphatic rings. The molecule has 0 aliphatic heterocycles. The molecule has 0 unspecified atom stereocenters. The molecule has 2 heterocycles. The maximum Gasteiger partial charge on any atom is 0.235 e. The van der Waals surface area contributed by atoms with Gasteiger partial charge in [0, 0.05) is 0 Å². The molecule has 0 bridgehead atoms. The van der Waals surface area contributed by atoms with Crippen molar-refractivity contribution < 1.29 is 13.6 Å². The second-order valence-electron chi connectivity index (χ2n) is 6.80. The van der Waals surface area contributed by atoms with E-state index >= 15 is 0 Å². The summed E-state index contributed by atoms with van der Waals surface area (Å²) in [5, 5.41) is 0.516. The maximum absolute atomic E-state index is 13.2. The van der Waals surface area contributed by atoms with Gasteiger partial charge in [0.15, 0.2) is 5.76 Å². The van der Waals surface area contributed by atoms with Crippen molar-refractivity contribution in [2.24, 2.45) is 0 Å². The highest BCUT2D eigenvalue weighted by Crippen LogP contribution is 2.33. The number of fused-ring (bicyclic) bond motifs is 1. The first-order valence-electron chi connectivity index (χ1n) is 8.83. The van der Waals surface area contributed by atoms with E-state index < -0.39 is 0 Å². The van der Waals surface area contributed by atoms with Gasteiger partial charge in [0.25, 0.3) is 0 Å². The molecule has 0 saturated heterocycles. The summed E-state index contributed by atoms with van der Waals surface area (Å²) in [6.07, 6.45) is 1.55. The summed E-state index contributed by atoms with van der Waals surface area (Å²) in [4.78, 5) is 13.2. The van der Waals surface area contributed by atoms with Gasteiger partial charge in [0.2, 0.25) is 16.9 Å². The van der Waals surface area contributed by atoms with E-state index in [2.05, 4.69) is 0 Å². The Morgan fingerprint density at radius 1 is 0.963 bits per heavy atom. The van der Waals surface area contributed by atoms with E-state index in [0.29, 0.717) is 22.5 Å². The van der Waals surface area contributed by atoms with Crippen molar-refractivity contribution in [2.45, 2.75) is 27.4 Å². The van der Waals surface area contributed by atoms with Gasteiger partial charge in [0.1, 0.15) is 12.2 Å². The van der Waals surface area contributed by atoms with Crippen LogP contribution < -0.4 is 10.2 Å². The molecule has 4 heteroatoms. The molecular formula is C23H20O4. The van der Waals surface area contributed by atoms with Gasteiger partial charge in [-0.05, 0) is 55.7 Å². The minimum atomic E-state index is -0.192. The lowest BCUT2D eigenvalue weighted by Gasteiger charge is -2.12. The molecule has 136 valence electrons. The molecule has 2 aromatic carbocycles. The summed E-state index contributed by atoms with van der Waals surface area (Å²) >= 11 is 0. The number of benzene rings is 2. The SMILES string of the molecule is Cc1cccc(COc2c(-c3ccco3)oc3c(C)cc(C)cc3c2=O)c1. The summed E-state index contributed by atoms with van der Waals surface area (Å²) < 4.78 is 17.5. The van der Waals surface area contributed by atoms with Crippen molar-refractivity contribution in [3.8, 4) is 17.3 Å². The first kappa shape index (κ1) is 17.2. The molecule has 4 aromatic rings. The third-order valence-corrected chi connectivity index (χ3v) is 4.49. The number of hydrogen-bond donors (Lipinski definition) is 0. The molecule has 0 fully saturated rings. The monoisotopic (exact) mass is 360 g/mol. The van der Waals surface area contributed by atoms with Gasteiger partial charge in [-0.3, -0.25) is 4.79 Å². The molecule has 27 heavy (non-hydrogen) atoms. The van der Waals surface area contributed by atoms with E-state index in [4.69, 9.17) is 13.6 Å². The largest absolute Gasteiger partial charge is 0.481 e. The number of aryl methyl sites for hydroxylation is 3. The summed E-state index contributed by atoms with van der Waals surface area (Å²) in [5.74, 6) is 0.953. The Hall–Kier alpha value is -3.27. The second kappa shape index (κ2) is 6.80. The molecule has 0 atom stereocenters. The van der Waals surface area contributed by atoms with Crippen LogP contribution in [0.25, 0.3) is 22.5 Å². The van der Waals surface area contributed by atoms with Crippen LogP contribution in [0.4, 0.5) is 0 Å². The molecule has 4 nitrogen and oxygen atoms in total. The molecule has 0 saturated carbocycles. The van der Waals surface area contributed by atoms with Crippen LogP contribution in [0.1, 0.15) is 22.3 Å². The molecule has 0 aliphatic carbocycles. The number of ether oxygens (including phenoxy) is 1. The summed E-state index contributed by atoms with van der Waals surface area (Å²) in [6.45, 7) is 6.18. The van der Waals surface area contributed by atoms with Crippen molar-refractivity contribution in [2.75, 3.05) is 0 Å². The highest BCUT2D eigenvalue weighted by atomic mass is 16.5. The van der Waals surface area contributed by atoms with E-state index in [1.807, 2.05) is 57.2 Å². The van der Waals surface area contributed by atoms with Crippen LogP contribution in [0.2, 0.25) is 0 Å². The van der Waals surface area contributed by atoms with Crippen molar-refractivity contribution in [1.82, 2.24) is 0 Å². The van der Waals surface area contributed by atoms with Gasteiger partial charge in [-0.25, -0.2) is 0 Å². The van der Waals surface area contributed by atoms with Crippen LogP contribution in [0.5, 0.6) is 5.75 Å². The predicted molar refractivity (Wildman–Crippen MR) is 105 cm³/mol. The number of hydrogen-bond acceptors (Lipinski definition) is 4. The lowest BCUT2D eigenvalue weighted by atomic mass is 10.1. The Morgan fingerprint density at radius 2 is 1.81 bits per heavy atom. The second-order valence-corrected chi connectivity index (χ2v) is 6.80. The van der Waals surface area contributed by atoms with Gasteiger partial charge >= 0.3 is 0 Å². The average molecular weight is 360 g/mol. The minimum Gasteiger partial charge on any atom is -0.481 e. The van der Waals surface area contributed by atoms with E-state index in [1.54, 1.807) is 18.4 Å². The molecule has 4 rings (SSSR count). The molecule has 0 N–H and O–H groups in total. The first-order chi connectivity index (χ1) is 13.0.